The topological polar surface area (TPSA) is 96.2 Å². The first-order valence-corrected chi connectivity index (χ1v) is 9.17. The van der Waals surface area contributed by atoms with Gasteiger partial charge in [0.15, 0.2) is 0 Å². The highest BCUT2D eigenvalue weighted by molar-refractivity contribution is 6.02. The number of nitrogens with one attached hydrogen (secondary N) is 3. The Labute approximate surface area is 160 Å². The third-order valence-electron chi connectivity index (χ3n) is 4.79. The van der Waals surface area contributed by atoms with E-state index in [1.807, 2.05) is 45.0 Å². The number of amides is 3. The van der Waals surface area contributed by atoms with E-state index < -0.39 is 5.54 Å². The number of aryl methyl sites for hydroxylation is 1. The molecular weight excluding hydrogens is 340 g/mol. The zero-order chi connectivity index (χ0) is 19.9. The number of nitrogens with two attached hydrogens (primary N) is 1. The minimum Gasteiger partial charge on any atom is -0.350 e. The van der Waals surface area contributed by atoms with Crippen LogP contribution in [0.2, 0.25) is 0 Å². The number of urea groups is 1. The average Bonchev–Trinajstić information content (AvgIpc) is 2.68. The van der Waals surface area contributed by atoms with Crippen molar-refractivity contribution < 1.29 is 9.59 Å². The number of carbonyl (C=O) groups is 2. The quantitative estimate of drug-likeness (QED) is 0.597. The molecule has 0 bridgehead atoms. The molecule has 0 atom stereocenters. The van der Waals surface area contributed by atoms with Crippen molar-refractivity contribution in [3.63, 3.8) is 0 Å². The van der Waals surface area contributed by atoms with Crippen molar-refractivity contribution in [3.05, 3.63) is 59.7 Å². The van der Waals surface area contributed by atoms with Crippen LogP contribution < -0.4 is 21.7 Å². The highest BCUT2D eigenvalue weighted by Gasteiger charge is 2.21. The van der Waals surface area contributed by atoms with Gasteiger partial charge in [-0.05, 0) is 49.6 Å². The lowest BCUT2D eigenvalue weighted by Gasteiger charge is -2.26. The van der Waals surface area contributed by atoms with Gasteiger partial charge in [0.1, 0.15) is 0 Å². The van der Waals surface area contributed by atoms with Gasteiger partial charge in [0.25, 0.3) is 5.91 Å². The Morgan fingerprint density at radius 1 is 1.00 bits per heavy atom. The van der Waals surface area contributed by atoms with Crippen molar-refractivity contribution in [2.24, 2.45) is 5.73 Å². The molecular formula is C21H28N4O2. The molecule has 0 aliphatic heterocycles. The molecule has 0 saturated carbocycles. The zero-order valence-corrected chi connectivity index (χ0v) is 16.1. The average molecular weight is 368 g/mol. The summed E-state index contributed by atoms with van der Waals surface area (Å²) >= 11 is 0. The van der Waals surface area contributed by atoms with Gasteiger partial charge in [-0.25, -0.2) is 4.79 Å². The Morgan fingerprint density at radius 2 is 1.67 bits per heavy atom. The van der Waals surface area contributed by atoms with Crippen molar-refractivity contribution in [1.82, 2.24) is 5.32 Å². The maximum atomic E-state index is 12.5. The number of hydrogen-bond acceptors (Lipinski definition) is 3. The summed E-state index contributed by atoms with van der Waals surface area (Å²) in [5, 5.41) is 8.44. The zero-order valence-electron chi connectivity index (χ0n) is 16.1. The summed E-state index contributed by atoms with van der Waals surface area (Å²) in [4.78, 5) is 24.7. The lowest BCUT2D eigenvalue weighted by atomic mass is 9.94. The summed E-state index contributed by atoms with van der Waals surface area (Å²) in [5.41, 5.74) is 8.45. The van der Waals surface area contributed by atoms with E-state index in [2.05, 4.69) is 16.0 Å². The molecule has 6 nitrogen and oxygen atoms in total. The second-order valence-electron chi connectivity index (χ2n) is 6.73. The predicted octanol–water partition coefficient (Wildman–Crippen LogP) is 3.89. The largest absolute Gasteiger partial charge is 0.350 e. The number of rotatable bonds is 7. The van der Waals surface area contributed by atoms with E-state index >= 15 is 0 Å². The number of anilines is 2. The molecule has 0 aliphatic carbocycles. The maximum absolute atomic E-state index is 12.5. The summed E-state index contributed by atoms with van der Waals surface area (Å²) in [6.45, 7) is 6.30. The van der Waals surface area contributed by atoms with E-state index in [0.717, 1.165) is 18.4 Å². The van der Waals surface area contributed by atoms with Crippen molar-refractivity contribution in [3.8, 4) is 0 Å². The second-order valence-corrected chi connectivity index (χ2v) is 6.73. The first-order valence-electron chi connectivity index (χ1n) is 9.17. The van der Waals surface area contributed by atoms with Crippen LogP contribution in [0.25, 0.3) is 0 Å². The molecule has 0 radical (unpaired) electrons. The summed E-state index contributed by atoms with van der Waals surface area (Å²) in [6, 6.07) is 14.0. The van der Waals surface area contributed by atoms with Gasteiger partial charge < -0.3 is 21.7 Å². The highest BCUT2D eigenvalue weighted by atomic mass is 16.2. The van der Waals surface area contributed by atoms with Gasteiger partial charge in [-0.3, -0.25) is 4.79 Å². The van der Waals surface area contributed by atoms with E-state index in [4.69, 9.17) is 5.73 Å². The Bertz CT molecular complexity index is 786. The third kappa shape index (κ3) is 5.82. The normalized spacial score (nSPS) is 11.0. The summed E-state index contributed by atoms with van der Waals surface area (Å²) in [6.07, 6.45) is 1.56. The lowest BCUT2D eigenvalue weighted by Crippen LogP contribution is -2.49. The molecule has 0 aliphatic rings. The summed E-state index contributed by atoms with van der Waals surface area (Å²) < 4.78 is 0. The van der Waals surface area contributed by atoms with Crippen LogP contribution in [-0.2, 0) is 0 Å². The summed E-state index contributed by atoms with van der Waals surface area (Å²) in [7, 11) is 0. The number of para-hydroxylation sites is 1. The fourth-order valence-corrected chi connectivity index (χ4v) is 2.56. The fourth-order valence-electron chi connectivity index (χ4n) is 2.56. The van der Waals surface area contributed by atoms with Crippen LogP contribution in [-0.4, -0.2) is 24.0 Å². The smallest absolute Gasteiger partial charge is 0.323 e. The van der Waals surface area contributed by atoms with Crippen molar-refractivity contribution in [2.45, 2.75) is 39.2 Å². The van der Waals surface area contributed by atoms with Crippen molar-refractivity contribution in [2.75, 3.05) is 17.2 Å². The molecule has 3 amide bonds. The molecule has 2 aromatic carbocycles. The Kier molecular flexibility index (Phi) is 6.96. The van der Waals surface area contributed by atoms with Crippen LogP contribution in [0.15, 0.2) is 48.5 Å². The Hall–Kier alpha value is -2.86. The fraction of sp³-hybridized carbons (Fsp3) is 0.333. The molecule has 0 fully saturated rings. The molecule has 0 saturated heterocycles. The number of carbonyl (C=O) groups excluding carboxylic acids is 2. The van der Waals surface area contributed by atoms with Crippen LogP contribution in [0.5, 0.6) is 0 Å². The van der Waals surface area contributed by atoms with Gasteiger partial charge in [-0.15, -0.1) is 0 Å². The molecule has 144 valence electrons. The lowest BCUT2D eigenvalue weighted by molar-refractivity contribution is 0.0942. The SMILES string of the molecule is CCC(N)(CC)CNC(=O)c1ccc(C)c(NC(=O)Nc2ccccc2)c1. The first kappa shape index (κ1) is 20.5. The highest BCUT2D eigenvalue weighted by Crippen LogP contribution is 2.18. The van der Waals surface area contributed by atoms with Crippen LogP contribution in [0.4, 0.5) is 16.2 Å². The summed E-state index contributed by atoms with van der Waals surface area (Å²) in [5.74, 6) is -0.210. The minimum absolute atomic E-state index is 0.210. The van der Waals surface area contributed by atoms with Gasteiger partial charge in [-0.1, -0.05) is 38.1 Å². The van der Waals surface area contributed by atoms with E-state index in [1.54, 1.807) is 24.3 Å². The molecule has 5 N–H and O–H groups in total. The van der Waals surface area contributed by atoms with Crippen LogP contribution >= 0.6 is 0 Å². The first-order chi connectivity index (χ1) is 12.9. The number of hydrogen-bond donors (Lipinski definition) is 4. The second kappa shape index (κ2) is 9.19. The van der Waals surface area contributed by atoms with Gasteiger partial charge in [0.05, 0.1) is 0 Å². The number of benzene rings is 2. The third-order valence-corrected chi connectivity index (χ3v) is 4.79. The van der Waals surface area contributed by atoms with E-state index in [9.17, 15) is 9.59 Å². The van der Waals surface area contributed by atoms with Gasteiger partial charge >= 0.3 is 6.03 Å². The van der Waals surface area contributed by atoms with Crippen LogP contribution in [0.1, 0.15) is 42.6 Å². The molecule has 0 spiro atoms. The monoisotopic (exact) mass is 368 g/mol. The van der Waals surface area contributed by atoms with E-state index in [-0.39, 0.29) is 11.9 Å². The minimum atomic E-state index is -0.406. The molecule has 2 aromatic rings. The molecule has 0 heterocycles. The van der Waals surface area contributed by atoms with Crippen LogP contribution in [0.3, 0.4) is 0 Å². The predicted molar refractivity (Wildman–Crippen MR) is 110 cm³/mol. The molecule has 0 unspecified atom stereocenters. The van der Waals surface area contributed by atoms with Gasteiger partial charge in [0.2, 0.25) is 0 Å². The molecule has 0 aromatic heterocycles. The standard InChI is InChI=1S/C21H28N4O2/c1-4-21(22,5-2)14-23-19(26)16-12-11-15(3)18(13-16)25-20(27)24-17-9-7-6-8-10-17/h6-13H,4-5,14,22H2,1-3H3,(H,23,26)(H2,24,25,27). The molecule has 27 heavy (non-hydrogen) atoms. The Morgan fingerprint density at radius 3 is 2.30 bits per heavy atom. The van der Waals surface area contributed by atoms with Crippen molar-refractivity contribution >= 4 is 23.3 Å². The van der Waals surface area contributed by atoms with Gasteiger partial charge in [0, 0.05) is 29.0 Å². The Balaban J connectivity index is 2.04. The van der Waals surface area contributed by atoms with E-state index in [1.165, 1.54) is 0 Å². The van der Waals surface area contributed by atoms with Crippen LogP contribution in [0, 0.1) is 6.92 Å². The molecule has 6 heteroatoms. The van der Waals surface area contributed by atoms with E-state index in [0.29, 0.717) is 23.5 Å². The molecule has 2 rings (SSSR count). The van der Waals surface area contributed by atoms with Gasteiger partial charge in [-0.2, -0.15) is 0 Å². The maximum Gasteiger partial charge on any atom is 0.323 e. The van der Waals surface area contributed by atoms with Crippen molar-refractivity contribution in [1.29, 1.82) is 0 Å².